The summed E-state index contributed by atoms with van der Waals surface area (Å²) in [6.07, 6.45) is 0. The molecule has 0 aliphatic heterocycles. The fourth-order valence-corrected chi connectivity index (χ4v) is 2.35. The van der Waals surface area contributed by atoms with Gasteiger partial charge in [0.15, 0.2) is 18.1 Å². The number of rotatable bonds is 7. The largest absolute Gasteiger partial charge is 0.493 e. The minimum Gasteiger partial charge on any atom is -0.493 e. The lowest BCUT2D eigenvalue weighted by Crippen LogP contribution is -2.22. The van der Waals surface area contributed by atoms with Crippen molar-refractivity contribution in [3.05, 3.63) is 47.0 Å². The lowest BCUT2D eigenvalue weighted by molar-refractivity contribution is -0.118. The number of aromatic carboxylic acids is 1. The van der Waals surface area contributed by atoms with E-state index < -0.39 is 11.9 Å². The molecular weight excluding hydrogens is 338 g/mol. The van der Waals surface area contributed by atoms with Crippen molar-refractivity contribution >= 4 is 17.6 Å². The van der Waals surface area contributed by atoms with Gasteiger partial charge in [-0.25, -0.2) is 4.79 Å². The van der Waals surface area contributed by atoms with Crippen LogP contribution in [0.1, 0.15) is 21.5 Å². The van der Waals surface area contributed by atoms with Crippen LogP contribution in [0.25, 0.3) is 0 Å². The van der Waals surface area contributed by atoms with Gasteiger partial charge in [-0.3, -0.25) is 4.79 Å². The lowest BCUT2D eigenvalue weighted by atomic mass is 10.1. The number of hydrogen-bond donors (Lipinski definition) is 2. The van der Waals surface area contributed by atoms with E-state index in [1.165, 1.54) is 26.4 Å². The number of carboxylic acid groups (broad SMARTS) is 1. The third-order valence-electron chi connectivity index (χ3n) is 3.73. The average molecular weight is 359 g/mol. The normalized spacial score (nSPS) is 10.2. The van der Waals surface area contributed by atoms with Crippen LogP contribution in [0, 0.1) is 13.8 Å². The molecule has 7 heteroatoms. The van der Waals surface area contributed by atoms with Gasteiger partial charge in [0.25, 0.3) is 5.91 Å². The zero-order chi connectivity index (χ0) is 19.3. The molecule has 2 aromatic carbocycles. The second kappa shape index (κ2) is 8.24. The van der Waals surface area contributed by atoms with Gasteiger partial charge in [0.2, 0.25) is 0 Å². The predicted octanol–water partition coefficient (Wildman–Crippen LogP) is 3.04. The molecule has 2 N–H and O–H groups in total. The molecule has 2 aromatic rings. The van der Waals surface area contributed by atoms with E-state index in [9.17, 15) is 14.7 Å². The summed E-state index contributed by atoms with van der Waals surface area (Å²) in [5.41, 5.74) is 1.91. The van der Waals surface area contributed by atoms with Crippen LogP contribution in [0.2, 0.25) is 0 Å². The van der Waals surface area contributed by atoms with Crippen LogP contribution in [0.5, 0.6) is 17.2 Å². The van der Waals surface area contributed by atoms with Gasteiger partial charge in [0.05, 0.1) is 25.5 Å². The highest BCUT2D eigenvalue weighted by atomic mass is 16.5. The van der Waals surface area contributed by atoms with E-state index >= 15 is 0 Å². The van der Waals surface area contributed by atoms with Gasteiger partial charge in [-0.05, 0) is 31.0 Å². The molecule has 138 valence electrons. The van der Waals surface area contributed by atoms with Crippen molar-refractivity contribution < 1.29 is 28.9 Å². The minimum atomic E-state index is -1.20. The Morgan fingerprint density at radius 2 is 1.65 bits per heavy atom. The zero-order valence-electron chi connectivity index (χ0n) is 15.1. The van der Waals surface area contributed by atoms with Gasteiger partial charge >= 0.3 is 5.97 Å². The van der Waals surface area contributed by atoms with Gasteiger partial charge in [-0.2, -0.15) is 0 Å². The second-order valence-electron chi connectivity index (χ2n) is 5.66. The summed E-state index contributed by atoms with van der Waals surface area (Å²) in [4.78, 5) is 23.7. The first kappa shape index (κ1) is 19.1. The van der Waals surface area contributed by atoms with E-state index in [0.29, 0.717) is 11.5 Å². The summed E-state index contributed by atoms with van der Waals surface area (Å²) < 4.78 is 15.8. The maximum absolute atomic E-state index is 12.2. The Bertz CT molecular complexity index is 831. The summed E-state index contributed by atoms with van der Waals surface area (Å²) in [6, 6.07) is 8.38. The van der Waals surface area contributed by atoms with Crippen molar-refractivity contribution in [1.29, 1.82) is 0 Å². The molecule has 0 radical (unpaired) electrons. The number of benzene rings is 2. The first-order valence-corrected chi connectivity index (χ1v) is 7.85. The quantitative estimate of drug-likeness (QED) is 0.789. The van der Waals surface area contributed by atoms with Crippen LogP contribution >= 0.6 is 0 Å². The van der Waals surface area contributed by atoms with Crippen LogP contribution in [0.4, 0.5) is 5.69 Å². The number of hydrogen-bond acceptors (Lipinski definition) is 5. The Morgan fingerprint density at radius 3 is 2.27 bits per heavy atom. The van der Waals surface area contributed by atoms with Crippen LogP contribution in [-0.4, -0.2) is 37.8 Å². The first-order valence-electron chi connectivity index (χ1n) is 7.85. The van der Waals surface area contributed by atoms with Gasteiger partial charge in [-0.15, -0.1) is 0 Å². The summed E-state index contributed by atoms with van der Waals surface area (Å²) in [7, 11) is 2.83. The lowest BCUT2D eigenvalue weighted by Gasteiger charge is -2.14. The molecule has 0 atom stereocenters. The maximum Gasteiger partial charge on any atom is 0.337 e. The zero-order valence-corrected chi connectivity index (χ0v) is 15.1. The van der Waals surface area contributed by atoms with Gasteiger partial charge < -0.3 is 24.6 Å². The number of carbonyl (C=O) groups excluding carboxylic acids is 1. The molecule has 0 bridgehead atoms. The summed E-state index contributed by atoms with van der Waals surface area (Å²) in [6.45, 7) is 3.55. The molecule has 7 nitrogen and oxygen atoms in total. The van der Waals surface area contributed by atoms with E-state index in [2.05, 4.69) is 5.32 Å². The van der Waals surface area contributed by atoms with Gasteiger partial charge in [-0.1, -0.05) is 12.1 Å². The van der Waals surface area contributed by atoms with Crippen molar-refractivity contribution in [3.8, 4) is 17.2 Å². The van der Waals surface area contributed by atoms with Crippen molar-refractivity contribution in [2.75, 3.05) is 26.1 Å². The monoisotopic (exact) mass is 359 g/mol. The summed E-state index contributed by atoms with van der Waals surface area (Å²) in [5, 5.41) is 11.9. The third kappa shape index (κ3) is 4.44. The standard InChI is InChI=1S/C19H21NO6/c1-11-5-6-12(2)15(7-11)26-10-18(21)20-14-9-17(25-4)16(24-3)8-13(14)19(22)23/h5-9H,10H2,1-4H3,(H,20,21)(H,22,23). The second-order valence-corrected chi connectivity index (χ2v) is 5.66. The molecule has 0 spiro atoms. The third-order valence-corrected chi connectivity index (χ3v) is 3.73. The van der Waals surface area contributed by atoms with E-state index in [4.69, 9.17) is 14.2 Å². The molecule has 0 aliphatic rings. The van der Waals surface area contributed by atoms with Crippen LogP contribution < -0.4 is 19.5 Å². The Kier molecular flexibility index (Phi) is 6.06. The smallest absolute Gasteiger partial charge is 0.337 e. The fraction of sp³-hybridized carbons (Fsp3) is 0.263. The number of aryl methyl sites for hydroxylation is 2. The average Bonchev–Trinajstić information content (AvgIpc) is 2.61. The van der Waals surface area contributed by atoms with Crippen LogP contribution in [0.3, 0.4) is 0 Å². The first-order chi connectivity index (χ1) is 12.3. The van der Waals surface area contributed by atoms with Crippen LogP contribution in [0.15, 0.2) is 30.3 Å². The molecule has 2 rings (SSSR count). The van der Waals surface area contributed by atoms with Crippen molar-refractivity contribution in [3.63, 3.8) is 0 Å². The van der Waals surface area contributed by atoms with Gasteiger partial charge in [0, 0.05) is 12.1 Å². The Hall–Kier alpha value is -3.22. The molecule has 0 fully saturated rings. The van der Waals surface area contributed by atoms with E-state index in [1.807, 2.05) is 32.0 Å². The van der Waals surface area contributed by atoms with Crippen molar-refractivity contribution in [1.82, 2.24) is 0 Å². The highest BCUT2D eigenvalue weighted by Crippen LogP contribution is 2.33. The number of ether oxygens (including phenoxy) is 3. The molecule has 0 aromatic heterocycles. The molecule has 0 unspecified atom stereocenters. The number of carboxylic acids is 1. The van der Waals surface area contributed by atoms with E-state index in [0.717, 1.165) is 11.1 Å². The molecule has 26 heavy (non-hydrogen) atoms. The predicted molar refractivity (Wildman–Crippen MR) is 96.5 cm³/mol. The molecule has 0 heterocycles. The summed E-state index contributed by atoms with van der Waals surface area (Å²) >= 11 is 0. The number of amides is 1. The van der Waals surface area contributed by atoms with E-state index in [1.54, 1.807) is 0 Å². The topological polar surface area (TPSA) is 94.1 Å². The Morgan fingerprint density at radius 1 is 1.00 bits per heavy atom. The number of methoxy groups -OCH3 is 2. The fourth-order valence-electron chi connectivity index (χ4n) is 2.35. The van der Waals surface area contributed by atoms with E-state index in [-0.39, 0.29) is 23.6 Å². The molecule has 0 saturated carbocycles. The highest BCUT2D eigenvalue weighted by Gasteiger charge is 2.18. The minimum absolute atomic E-state index is 0.102. The van der Waals surface area contributed by atoms with Gasteiger partial charge in [0.1, 0.15) is 5.75 Å². The van der Waals surface area contributed by atoms with Crippen LogP contribution in [-0.2, 0) is 4.79 Å². The van der Waals surface area contributed by atoms with Crippen molar-refractivity contribution in [2.24, 2.45) is 0 Å². The Balaban J connectivity index is 2.17. The number of nitrogens with one attached hydrogen (secondary N) is 1. The maximum atomic E-state index is 12.2. The SMILES string of the molecule is COc1cc(NC(=O)COc2cc(C)ccc2C)c(C(=O)O)cc1OC. The summed E-state index contributed by atoms with van der Waals surface area (Å²) in [5.74, 6) is -0.513. The molecule has 1 amide bonds. The molecule has 0 saturated heterocycles. The Labute approximate surface area is 151 Å². The molecule has 0 aliphatic carbocycles. The highest BCUT2D eigenvalue weighted by molar-refractivity contribution is 6.01. The number of anilines is 1. The molecular formula is C19H21NO6. The number of carbonyl (C=O) groups is 2. The van der Waals surface area contributed by atoms with Crippen molar-refractivity contribution in [2.45, 2.75) is 13.8 Å².